The zero-order valence-electron chi connectivity index (χ0n) is 15.0. The SMILES string of the molecule is CN=C(NCCCN(C)Cc1ccccc1)N1CCC(C)CC1. The molecule has 0 amide bonds. The van der Waals surface area contributed by atoms with E-state index in [2.05, 4.69) is 64.4 Å². The van der Waals surface area contributed by atoms with Crippen LogP contribution < -0.4 is 5.32 Å². The second-order valence-corrected chi connectivity index (χ2v) is 6.72. The minimum absolute atomic E-state index is 0.857. The van der Waals surface area contributed by atoms with Gasteiger partial charge in [-0.15, -0.1) is 0 Å². The molecule has 128 valence electrons. The molecule has 2 rings (SSSR count). The van der Waals surface area contributed by atoms with Crippen molar-refractivity contribution in [3.8, 4) is 0 Å². The Kier molecular flexibility index (Phi) is 7.40. The molecule has 0 aliphatic carbocycles. The summed E-state index contributed by atoms with van der Waals surface area (Å²) in [7, 11) is 4.08. The van der Waals surface area contributed by atoms with Gasteiger partial charge < -0.3 is 15.1 Å². The van der Waals surface area contributed by atoms with E-state index >= 15 is 0 Å². The fraction of sp³-hybridized carbons (Fsp3) is 0.632. The molecule has 1 N–H and O–H groups in total. The second kappa shape index (κ2) is 9.56. The Morgan fingerprint density at radius 1 is 1.26 bits per heavy atom. The minimum atomic E-state index is 0.857. The summed E-state index contributed by atoms with van der Waals surface area (Å²) >= 11 is 0. The highest BCUT2D eigenvalue weighted by atomic mass is 15.3. The first-order chi connectivity index (χ1) is 11.2. The van der Waals surface area contributed by atoms with Crippen molar-refractivity contribution in [3.05, 3.63) is 35.9 Å². The lowest BCUT2D eigenvalue weighted by molar-refractivity contribution is 0.272. The van der Waals surface area contributed by atoms with Gasteiger partial charge in [-0.2, -0.15) is 0 Å². The summed E-state index contributed by atoms with van der Waals surface area (Å²) in [6, 6.07) is 10.7. The van der Waals surface area contributed by atoms with Crippen LogP contribution >= 0.6 is 0 Å². The van der Waals surface area contributed by atoms with Crippen LogP contribution in [0.5, 0.6) is 0 Å². The van der Waals surface area contributed by atoms with Crippen LogP contribution in [0.1, 0.15) is 31.7 Å². The molecule has 1 aromatic rings. The quantitative estimate of drug-likeness (QED) is 0.497. The Bertz CT molecular complexity index is 464. The Balaban J connectivity index is 1.64. The maximum Gasteiger partial charge on any atom is 0.193 e. The predicted molar refractivity (Wildman–Crippen MR) is 98.7 cm³/mol. The third-order valence-electron chi connectivity index (χ3n) is 4.59. The van der Waals surface area contributed by atoms with Crippen LogP contribution in [0.2, 0.25) is 0 Å². The number of rotatable bonds is 6. The molecule has 0 spiro atoms. The number of guanidine groups is 1. The molecule has 0 saturated carbocycles. The van der Waals surface area contributed by atoms with Gasteiger partial charge in [0.25, 0.3) is 0 Å². The van der Waals surface area contributed by atoms with Crippen molar-refractivity contribution in [1.82, 2.24) is 15.1 Å². The number of nitrogens with one attached hydrogen (secondary N) is 1. The molecule has 0 aromatic heterocycles. The van der Waals surface area contributed by atoms with Gasteiger partial charge in [0.1, 0.15) is 0 Å². The number of piperidine rings is 1. The molecule has 0 unspecified atom stereocenters. The Morgan fingerprint density at radius 3 is 2.61 bits per heavy atom. The van der Waals surface area contributed by atoms with Gasteiger partial charge in [-0.3, -0.25) is 4.99 Å². The molecule has 0 bridgehead atoms. The van der Waals surface area contributed by atoms with Crippen molar-refractivity contribution in [2.75, 3.05) is 40.3 Å². The number of benzene rings is 1. The molecular weight excluding hydrogens is 284 g/mol. The summed E-state index contributed by atoms with van der Waals surface area (Å²) in [4.78, 5) is 9.21. The van der Waals surface area contributed by atoms with Gasteiger partial charge in [-0.25, -0.2) is 0 Å². The number of likely N-dealkylation sites (tertiary alicyclic amines) is 1. The van der Waals surface area contributed by atoms with Gasteiger partial charge in [0.15, 0.2) is 5.96 Å². The summed E-state index contributed by atoms with van der Waals surface area (Å²) in [5.41, 5.74) is 1.38. The van der Waals surface area contributed by atoms with Crippen LogP contribution in [0.15, 0.2) is 35.3 Å². The van der Waals surface area contributed by atoms with Crippen LogP contribution in [0.3, 0.4) is 0 Å². The number of aliphatic imine (C=N–C) groups is 1. The highest BCUT2D eigenvalue weighted by Gasteiger charge is 2.18. The largest absolute Gasteiger partial charge is 0.356 e. The van der Waals surface area contributed by atoms with Gasteiger partial charge in [-0.1, -0.05) is 37.3 Å². The first-order valence-corrected chi connectivity index (χ1v) is 8.87. The summed E-state index contributed by atoms with van der Waals surface area (Å²) in [6.45, 7) is 7.70. The number of hydrogen-bond donors (Lipinski definition) is 1. The normalized spacial score (nSPS) is 16.9. The molecule has 4 nitrogen and oxygen atoms in total. The van der Waals surface area contributed by atoms with E-state index in [0.717, 1.165) is 51.0 Å². The second-order valence-electron chi connectivity index (χ2n) is 6.72. The van der Waals surface area contributed by atoms with Crippen molar-refractivity contribution < 1.29 is 0 Å². The van der Waals surface area contributed by atoms with Crippen molar-refractivity contribution in [2.45, 2.75) is 32.7 Å². The Labute approximate surface area is 141 Å². The molecule has 1 saturated heterocycles. The van der Waals surface area contributed by atoms with Crippen LogP contribution in [-0.2, 0) is 6.54 Å². The molecule has 23 heavy (non-hydrogen) atoms. The van der Waals surface area contributed by atoms with E-state index in [9.17, 15) is 0 Å². The lowest BCUT2D eigenvalue weighted by atomic mass is 10.00. The van der Waals surface area contributed by atoms with E-state index in [-0.39, 0.29) is 0 Å². The smallest absolute Gasteiger partial charge is 0.193 e. The lowest BCUT2D eigenvalue weighted by Crippen LogP contribution is -2.45. The highest BCUT2D eigenvalue weighted by molar-refractivity contribution is 5.79. The van der Waals surface area contributed by atoms with E-state index in [1.807, 2.05) is 7.05 Å². The Hall–Kier alpha value is -1.55. The van der Waals surface area contributed by atoms with Crippen LogP contribution in [-0.4, -0.2) is 56.0 Å². The van der Waals surface area contributed by atoms with E-state index in [0.29, 0.717) is 0 Å². The number of hydrogen-bond acceptors (Lipinski definition) is 2. The first kappa shape index (κ1) is 17.8. The van der Waals surface area contributed by atoms with Gasteiger partial charge in [-0.05, 0) is 44.3 Å². The van der Waals surface area contributed by atoms with Crippen molar-refractivity contribution in [2.24, 2.45) is 10.9 Å². The molecule has 0 atom stereocenters. The standard InChI is InChI=1S/C19H32N4/c1-17-10-14-23(15-11-17)19(20-2)21-12-7-13-22(3)16-18-8-5-4-6-9-18/h4-6,8-9,17H,7,10-16H2,1-3H3,(H,20,21). The summed E-state index contributed by atoms with van der Waals surface area (Å²) in [5.74, 6) is 1.93. The van der Waals surface area contributed by atoms with Gasteiger partial charge in [0.05, 0.1) is 0 Å². The molecule has 0 radical (unpaired) electrons. The van der Waals surface area contributed by atoms with Crippen LogP contribution in [0.4, 0.5) is 0 Å². The summed E-state index contributed by atoms with van der Waals surface area (Å²) < 4.78 is 0. The van der Waals surface area contributed by atoms with Crippen molar-refractivity contribution in [1.29, 1.82) is 0 Å². The summed E-state index contributed by atoms with van der Waals surface area (Å²) in [5, 5.41) is 3.52. The zero-order chi connectivity index (χ0) is 16.5. The fourth-order valence-corrected chi connectivity index (χ4v) is 3.08. The molecule has 1 heterocycles. The third kappa shape index (κ3) is 6.22. The van der Waals surface area contributed by atoms with Crippen molar-refractivity contribution in [3.63, 3.8) is 0 Å². The van der Waals surface area contributed by atoms with Crippen molar-refractivity contribution >= 4 is 5.96 Å². The maximum atomic E-state index is 4.44. The fourth-order valence-electron chi connectivity index (χ4n) is 3.08. The summed E-state index contributed by atoms with van der Waals surface area (Å²) in [6.07, 6.45) is 3.69. The van der Waals surface area contributed by atoms with E-state index in [4.69, 9.17) is 0 Å². The van der Waals surface area contributed by atoms with Gasteiger partial charge >= 0.3 is 0 Å². The minimum Gasteiger partial charge on any atom is -0.356 e. The average Bonchev–Trinajstić information content (AvgIpc) is 2.57. The predicted octanol–water partition coefficient (Wildman–Crippen LogP) is 2.82. The van der Waals surface area contributed by atoms with Gasteiger partial charge in [0, 0.05) is 33.2 Å². The topological polar surface area (TPSA) is 30.9 Å². The van der Waals surface area contributed by atoms with Crippen LogP contribution in [0, 0.1) is 5.92 Å². The molecular formula is C19H32N4. The van der Waals surface area contributed by atoms with E-state index < -0.39 is 0 Å². The third-order valence-corrected chi connectivity index (χ3v) is 4.59. The Morgan fingerprint density at radius 2 is 1.96 bits per heavy atom. The highest BCUT2D eigenvalue weighted by Crippen LogP contribution is 2.15. The van der Waals surface area contributed by atoms with E-state index in [1.165, 1.54) is 18.4 Å². The zero-order valence-corrected chi connectivity index (χ0v) is 15.0. The molecule has 4 heteroatoms. The number of nitrogens with zero attached hydrogens (tertiary/aromatic N) is 3. The van der Waals surface area contributed by atoms with Gasteiger partial charge in [0.2, 0.25) is 0 Å². The molecule has 1 fully saturated rings. The van der Waals surface area contributed by atoms with Crippen LogP contribution in [0.25, 0.3) is 0 Å². The molecule has 1 aliphatic heterocycles. The van der Waals surface area contributed by atoms with E-state index in [1.54, 1.807) is 0 Å². The molecule has 1 aliphatic rings. The molecule has 1 aromatic carbocycles. The monoisotopic (exact) mass is 316 g/mol. The first-order valence-electron chi connectivity index (χ1n) is 8.87. The maximum absolute atomic E-state index is 4.44. The lowest BCUT2D eigenvalue weighted by Gasteiger charge is -2.33. The average molecular weight is 316 g/mol.